The summed E-state index contributed by atoms with van der Waals surface area (Å²) in [6.45, 7) is 1.71. The van der Waals surface area contributed by atoms with Gasteiger partial charge in [0.15, 0.2) is 0 Å². The van der Waals surface area contributed by atoms with Crippen molar-refractivity contribution in [2.24, 2.45) is 0 Å². The molecule has 0 amide bonds. The topological polar surface area (TPSA) is 67.9 Å². The van der Waals surface area contributed by atoms with Crippen LogP contribution in [0.1, 0.15) is 13.3 Å². The Labute approximate surface area is 57.4 Å². The number of aromatic amines is 1. The van der Waals surface area contributed by atoms with Crippen LogP contribution in [0.5, 0.6) is 6.01 Å². The van der Waals surface area contributed by atoms with Crippen LogP contribution in [0, 0.1) is 0 Å². The second-order valence-corrected chi connectivity index (χ2v) is 1.62. The fraction of sp³-hybridized carbons (Fsp3) is 0.400. The van der Waals surface area contributed by atoms with Gasteiger partial charge in [0.2, 0.25) is 0 Å². The van der Waals surface area contributed by atoms with E-state index in [1.54, 1.807) is 6.92 Å². The first-order chi connectivity index (χ1) is 4.83. The normalized spacial score (nSPS) is 9.30. The summed E-state index contributed by atoms with van der Waals surface area (Å²) in [5, 5.41) is 5.89. The molecule has 0 aliphatic rings. The van der Waals surface area contributed by atoms with Crippen molar-refractivity contribution >= 4 is 5.97 Å². The van der Waals surface area contributed by atoms with Crippen molar-refractivity contribution in [2.75, 3.05) is 0 Å². The lowest BCUT2D eigenvalue weighted by Gasteiger charge is -1.93. The Balaban J connectivity index is 2.48. The van der Waals surface area contributed by atoms with E-state index >= 15 is 0 Å². The Kier molecular flexibility index (Phi) is 1.99. The van der Waals surface area contributed by atoms with Crippen LogP contribution in [0.15, 0.2) is 6.33 Å². The molecule has 0 saturated carbocycles. The SMILES string of the molecule is CCC(=O)Oc1ncn[nH]1. The molecule has 0 aliphatic carbocycles. The average Bonchev–Trinajstić information content (AvgIpc) is 2.40. The van der Waals surface area contributed by atoms with Gasteiger partial charge in [0.1, 0.15) is 6.33 Å². The van der Waals surface area contributed by atoms with Crippen LogP contribution in [0.25, 0.3) is 0 Å². The van der Waals surface area contributed by atoms with Gasteiger partial charge in [-0.15, -0.1) is 0 Å². The Morgan fingerprint density at radius 3 is 3.20 bits per heavy atom. The quantitative estimate of drug-likeness (QED) is 0.594. The van der Waals surface area contributed by atoms with Crippen LogP contribution < -0.4 is 4.74 Å². The van der Waals surface area contributed by atoms with E-state index in [-0.39, 0.29) is 12.0 Å². The third-order valence-electron chi connectivity index (χ3n) is 0.892. The van der Waals surface area contributed by atoms with Crippen LogP contribution in [0.2, 0.25) is 0 Å². The second kappa shape index (κ2) is 2.95. The molecule has 54 valence electrons. The molecule has 0 atom stereocenters. The summed E-state index contributed by atoms with van der Waals surface area (Å²) in [6, 6.07) is 0.145. The molecule has 0 unspecified atom stereocenters. The summed E-state index contributed by atoms with van der Waals surface area (Å²) in [5.41, 5.74) is 0. The highest BCUT2D eigenvalue weighted by Crippen LogP contribution is 1.96. The summed E-state index contributed by atoms with van der Waals surface area (Å²) in [4.78, 5) is 14.2. The molecule has 5 nitrogen and oxygen atoms in total. The Morgan fingerprint density at radius 1 is 1.90 bits per heavy atom. The molecular weight excluding hydrogens is 134 g/mol. The van der Waals surface area contributed by atoms with Gasteiger partial charge in [-0.3, -0.25) is 4.79 Å². The largest absolute Gasteiger partial charge is 0.391 e. The van der Waals surface area contributed by atoms with Crippen LogP contribution in [0.3, 0.4) is 0 Å². The number of hydrogen-bond donors (Lipinski definition) is 1. The molecule has 10 heavy (non-hydrogen) atoms. The van der Waals surface area contributed by atoms with Gasteiger partial charge < -0.3 is 4.74 Å². The van der Waals surface area contributed by atoms with Crippen molar-refractivity contribution in [3.8, 4) is 6.01 Å². The van der Waals surface area contributed by atoms with Crippen LogP contribution in [-0.2, 0) is 4.79 Å². The first-order valence-electron chi connectivity index (χ1n) is 2.89. The molecule has 0 spiro atoms. The van der Waals surface area contributed by atoms with Gasteiger partial charge in [-0.1, -0.05) is 6.92 Å². The fourth-order valence-corrected chi connectivity index (χ4v) is 0.423. The molecule has 1 aromatic rings. The van der Waals surface area contributed by atoms with Crippen molar-refractivity contribution in [1.82, 2.24) is 15.2 Å². The highest BCUT2D eigenvalue weighted by molar-refractivity contribution is 5.70. The predicted octanol–water partition coefficient (Wildman–Crippen LogP) is 0.120. The maximum atomic E-state index is 10.6. The molecule has 0 radical (unpaired) electrons. The molecule has 0 fully saturated rings. The molecule has 0 aromatic carbocycles. The number of aromatic nitrogens is 3. The van der Waals surface area contributed by atoms with E-state index in [0.29, 0.717) is 6.42 Å². The Bertz CT molecular complexity index is 207. The summed E-state index contributed by atoms with van der Waals surface area (Å²) >= 11 is 0. The van der Waals surface area contributed by atoms with E-state index in [4.69, 9.17) is 0 Å². The lowest BCUT2D eigenvalue weighted by Crippen LogP contribution is -2.06. The van der Waals surface area contributed by atoms with Gasteiger partial charge in [-0.05, 0) is 0 Å². The minimum atomic E-state index is -0.322. The van der Waals surface area contributed by atoms with E-state index < -0.39 is 0 Å². The predicted molar refractivity (Wildman–Crippen MR) is 32.3 cm³/mol. The Morgan fingerprint density at radius 2 is 2.70 bits per heavy atom. The third-order valence-corrected chi connectivity index (χ3v) is 0.892. The highest BCUT2D eigenvalue weighted by atomic mass is 16.5. The molecule has 1 rings (SSSR count). The minimum Gasteiger partial charge on any atom is -0.391 e. The number of carbonyl (C=O) groups excluding carboxylic acids is 1. The highest BCUT2D eigenvalue weighted by Gasteiger charge is 2.01. The third kappa shape index (κ3) is 1.54. The monoisotopic (exact) mass is 141 g/mol. The van der Waals surface area contributed by atoms with E-state index in [9.17, 15) is 4.79 Å². The smallest absolute Gasteiger partial charge is 0.319 e. The maximum absolute atomic E-state index is 10.6. The Hall–Kier alpha value is -1.39. The number of rotatable bonds is 2. The average molecular weight is 141 g/mol. The standard InChI is InChI=1S/C5H7N3O2/c1-2-4(9)10-5-6-3-7-8-5/h3H,2H2,1H3,(H,6,7,8). The summed E-state index contributed by atoms with van der Waals surface area (Å²) in [5.74, 6) is -0.322. The lowest BCUT2D eigenvalue weighted by molar-refractivity contribution is -0.134. The molecule has 1 N–H and O–H groups in total. The number of nitrogens with one attached hydrogen (secondary N) is 1. The number of carbonyl (C=O) groups is 1. The van der Waals surface area contributed by atoms with Crippen LogP contribution in [-0.4, -0.2) is 21.2 Å². The van der Waals surface area contributed by atoms with E-state index in [1.807, 2.05) is 0 Å². The number of hydrogen-bond acceptors (Lipinski definition) is 4. The molecule has 1 heterocycles. The van der Waals surface area contributed by atoms with Crippen molar-refractivity contribution < 1.29 is 9.53 Å². The van der Waals surface area contributed by atoms with Crippen LogP contribution >= 0.6 is 0 Å². The molecule has 5 heteroatoms. The minimum absolute atomic E-state index is 0.145. The van der Waals surface area contributed by atoms with E-state index in [2.05, 4.69) is 19.9 Å². The van der Waals surface area contributed by atoms with E-state index in [1.165, 1.54) is 6.33 Å². The zero-order valence-corrected chi connectivity index (χ0v) is 5.50. The summed E-state index contributed by atoms with van der Waals surface area (Å²) in [7, 11) is 0. The van der Waals surface area contributed by atoms with Gasteiger partial charge in [0.05, 0.1) is 0 Å². The van der Waals surface area contributed by atoms with Crippen molar-refractivity contribution in [3.05, 3.63) is 6.33 Å². The van der Waals surface area contributed by atoms with Crippen molar-refractivity contribution in [2.45, 2.75) is 13.3 Å². The summed E-state index contributed by atoms with van der Waals surface area (Å²) in [6.07, 6.45) is 1.61. The number of nitrogens with zero attached hydrogens (tertiary/aromatic N) is 2. The van der Waals surface area contributed by atoms with E-state index in [0.717, 1.165) is 0 Å². The van der Waals surface area contributed by atoms with Crippen molar-refractivity contribution in [3.63, 3.8) is 0 Å². The molecular formula is C5H7N3O2. The van der Waals surface area contributed by atoms with Crippen molar-refractivity contribution in [1.29, 1.82) is 0 Å². The summed E-state index contributed by atoms with van der Waals surface area (Å²) < 4.78 is 4.64. The maximum Gasteiger partial charge on any atom is 0.319 e. The lowest BCUT2D eigenvalue weighted by atomic mass is 10.5. The molecule has 0 bridgehead atoms. The molecule has 0 aliphatic heterocycles. The number of esters is 1. The number of ether oxygens (including phenoxy) is 1. The molecule has 0 saturated heterocycles. The van der Waals surface area contributed by atoms with Gasteiger partial charge in [0.25, 0.3) is 0 Å². The first kappa shape index (κ1) is 6.73. The van der Waals surface area contributed by atoms with Gasteiger partial charge >= 0.3 is 12.0 Å². The number of H-pyrrole nitrogens is 1. The zero-order chi connectivity index (χ0) is 7.40. The molecule has 1 aromatic heterocycles. The zero-order valence-electron chi connectivity index (χ0n) is 5.50. The van der Waals surface area contributed by atoms with Crippen LogP contribution in [0.4, 0.5) is 0 Å². The fourth-order valence-electron chi connectivity index (χ4n) is 0.423. The van der Waals surface area contributed by atoms with Gasteiger partial charge in [-0.2, -0.15) is 10.1 Å². The second-order valence-electron chi connectivity index (χ2n) is 1.62. The van der Waals surface area contributed by atoms with Gasteiger partial charge in [0, 0.05) is 6.42 Å². The first-order valence-corrected chi connectivity index (χ1v) is 2.89. The van der Waals surface area contributed by atoms with Gasteiger partial charge in [-0.25, -0.2) is 5.10 Å².